The first kappa shape index (κ1) is 13.6. The summed E-state index contributed by atoms with van der Waals surface area (Å²) in [5, 5.41) is 0. The highest BCUT2D eigenvalue weighted by molar-refractivity contribution is 5.91. The van der Waals surface area contributed by atoms with Gasteiger partial charge >= 0.3 is 0 Å². The zero-order chi connectivity index (χ0) is 13.5. The second-order valence-electron chi connectivity index (χ2n) is 4.66. The number of rotatable bonds is 4. The zero-order valence-corrected chi connectivity index (χ0v) is 11.2. The highest BCUT2D eigenvalue weighted by atomic mass is 16.2. The van der Waals surface area contributed by atoms with Gasteiger partial charge < -0.3 is 4.90 Å². The van der Waals surface area contributed by atoms with E-state index in [1.54, 1.807) is 6.08 Å². The van der Waals surface area contributed by atoms with Crippen LogP contribution in [0.25, 0.3) is 6.08 Å². The maximum Gasteiger partial charge on any atom is 0.246 e. The Labute approximate surface area is 114 Å². The summed E-state index contributed by atoms with van der Waals surface area (Å²) >= 11 is 0. The highest BCUT2D eigenvalue weighted by Crippen LogP contribution is 2.05. The Morgan fingerprint density at radius 2 is 1.84 bits per heavy atom. The molecular weight excluding hydrogens is 236 g/mol. The molecule has 2 rings (SSSR count). The van der Waals surface area contributed by atoms with Crippen LogP contribution in [0.3, 0.4) is 0 Å². The van der Waals surface area contributed by atoms with Gasteiger partial charge in [-0.15, -0.1) is 6.58 Å². The van der Waals surface area contributed by atoms with Crippen molar-refractivity contribution in [1.29, 1.82) is 0 Å². The van der Waals surface area contributed by atoms with Gasteiger partial charge in [-0.05, 0) is 11.6 Å². The molecule has 1 heterocycles. The molecule has 1 fully saturated rings. The van der Waals surface area contributed by atoms with E-state index in [9.17, 15) is 4.79 Å². The monoisotopic (exact) mass is 256 g/mol. The Morgan fingerprint density at radius 1 is 1.16 bits per heavy atom. The molecule has 3 nitrogen and oxygen atoms in total. The van der Waals surface area contributed by atoms with Crippen molar-refractivity contribution in [2.24, 2.45) is 0 Å². The Hall–Kier alpha value is -1.87. The van der Waals surface area contributed by atoms with Gasteiger partial charge in [-0.2, -0.15) is 0 Å². The second-order valence-corrected chi connectivity index (χ2v) is 4.66. The molecular formula is C16H20N2O. The van der Waals surface area contributed by atoms with E-state index in [4.69, 9.17) is 0 Å². The largest absolute Gasteiger partial charge is 0.337 e. The third-order valence-corrected chi connectivity index (χ3v) is 3.29. The van der Waals surface area contributed by atoms with Gasteiger partial charge in [0.15, 0.2) is 0 Å². The summed E-state index contributed by atoms with van der Waals surface area (Å²) in [6.45, 7) is 8.09. The average Bonchev–Trinajstić information content (AvgIpc) is 2.47. The molecule has 0 aromatic heterocycles. The Morgan fingerprint density at radius 3 is 2.47 bits per heavy atom. The van der Waals surface area contributed by atoms with Crippen molar-refractivity contribution in [2.45, 2.75) is 0 Å². The van der Waals surface area contributed by atoms with Crippen LogP contribution in [-0.4, -0.2) is 48.4 Å². The fourth-order valence-electron chi connectivity index (χ4n) is 2.17. The van der Waals surface area contributed by atoms with E-state index in [1.165, 1.54) is 0 Å². The first-order valence-corrected chi connectivity index (χ1v) is 6.65. The van der Waals surface area contributed by atoms with Crippen molar-refractivity contribution in [2.75, 3.05) is 32.7 Å². The molecule has 0 N–H and O–H groups in total. The number of benzene rings is 1. The van der Waals surface area contributed by atoms with Gasteiger partial charge in [-0.3, -0.25) is 9.69 Å². The minimum Gasteiger partial charge on any atom is -0.337 e. The lowest BCUT2D eigenvalue weighted by Crippen LogP contribution is -2.48. The summed E-state index contributed by atoms with van der Waals surface area (Å²) in [5.74, 6) is 0.0992. The predicted molar refractivity (Wildman–Crippen MR) is 78.7 cm³/mol. The standard InChI is InChI=1S/C16H20N2O/c1-2-10-17-11-13-18(14-12-17)16(19)9-8-15-6-4-3-5-7-15/h2-9H,1,10-14H2. The number of hydrogen-bond acceptors (Lipinski definition) is 2. The summed E-state index contributed by atoms with van der Waals surface area (Å²) < 4.78 is 0. The molecule has 3 heteroatoms. The van der Waals surface area contributed by atoms with E-state index in [2.05, 4.69) is 11.5 Å². The maximum absolute atomic E-state index is 12.0. The smallest absolute Gasteiger partial charge is 0.246 e. The minimum atomic E-state index is 0.0992. The molecule has 0 atom stereocenters. The third-order valence-electron chi connectivity index (χ3n) is 3.29. The van der Waals surface area contributed by atoms with E-state index >= 15 is 0 Å². The van der Waals surface area contributed by atoms with Gasteiger partial charge in [0.25, 0.3) is 0 Å². The van der Waals surface area contributed by atoms with Crippen molar-refractivity contribution in [3.63, 3.8) is 0 Å². The van der Waals surface area contributed by atoms with Crippen LogP contribution in [0.2, 0.25) is 0 Å². The van der Waals surface area contributed by atoms with Crippen LogP contribution >= 0.6 is 0 Å². The number of carbonyl (C=O) groups is 1. The van der Waals surface area contributed by atoms with Gasteiger partial charge in [0.05, 0.1) is 0 Å². The quantitative estimate of drug-likeness (QED) is 0.608. The SMILES string of the molecule is C=CCN1CCN(C(=O)C=Cc2ccccc2)CC1. The van der Waals surface area contributed by atoms with Crippen LogP contribution in [0.5, 0.6) is 0 Å². The fourth-order valence-corrected chi connectivity index (χ4v) is 2.17. The normalized spacial score (nSPS) is 16.7. The summed E-state index contributed by atoms with van der Waals surface area (Å²) in [5.41, 5.74) is 1.06. The third kappa shape index (κ3) is 4.07. The molecule has 1 aromatic carbocycles. The number of amides is 1. The lowest BCUT2D eigenvalue weighted by molar-refractivity contribution is -0.127. The lowest BCUT2D eigenvalue weighted by Gasteiger charge is -2.33. The van der Waals surface area contributed by atoms with E-state index in [1.807, 2.05) is 47.4 Å². The lowest BCUT2D eigenvalue weighted by atomic mass is 10.2. The van der Waals surface area contributed by atoms with Gasteiger partial charge in [0.2, 0.25) is 5.91 Å². The first-order valence-electron chi connectivity index (χ1n) is 6.65. The second kappa shape index (κ2) is 6.90. The molecule has 19 heavy (non-hydrogen) atoms. The van der Waals surface area contributed by atoms with Crippen LogP contribution in [0, 0.1) is 0 Å². The van der Waals surface area contributed by atoms with Gasteiger partial charge in [0, 0.05) is 38.8 Å². The Kier molecular flexibility index (Phi) is 4.93. The molecule has 0 bridgehead atoms. The summed E-state index contributed by atoms with van der Waals surface area (Å²) in [7, 11) is 0. The van der Waals surface area contributed by atoms with Crippen LogP contribution in [0.15, 0.2) is 49.1 Å². The zero-order valence-electron chi connectivity index (χ0n) is 11.2. The predicted octanol–water partition coefficient (Wildman–Crippen LogP) is 2.03. The molecule has 0 spiro atoms. The van der Waals surface area contributed by atoms with Gasteiger partial charge in [-0.25, -0.2) is 0 Å². The van der Waals surface area contributed by atoms with E-state index < -0.39 is 0 Å². The van der Waals surface area contributed by atoms with Crippen molar-refractivity contribution >= 4 is 12.0 Å². The summed E-state index contributed by atoms with van der Waals surface area (Å²) in [4.78, 5) is 16.2. The van der Waals surface area contributed by atoms with Crippen LogP contribution in [0.1, 0.15) is 5.56 Å². The molecule has 1 aliphatic heterocycles. The van der Waals surface area contributed by atoms with E-state index in [0.29, 0.717) is 0 Å². The molecule has 0 aliphatic carbocycles. The Balaban J connectivity index is 1.85. The van der Waals surface area contributed by atoms with Crippen LogP contribution < -0.4 is 0 Å². The molecule has 1 amide bonds. The average molecular weight is 256 g/mol. The number of hydrogen-bond donors (Lipinski definition) is 0. The molecule has 100 valence electrons. The highest BCUT2D eigenvalue weighted by Gasteiger charge is 2.18. The minimum absolute atomic E-state index is 0.0992. The van der Waals surface area contributed by atoms with Gasteiger partial charge in [-0.1, -0.05) is 36.4 Å². The van der Waals surface area contributed by atoms with Crippen molar-refractivity contribution in [1.82, 2.24) is 9.80 Å². The molecule has 0 radical (unpaired) electrons. The van der Waals surface area contributed by atoms with Crippen molar-refractivity contribution in [3.05, 3.63) is 54.6 Å². The fraction of sp³-hybridized carbons (Fsp3) is 0.312. The van der Waals surface area contributed by atoms with Crippen LogP contribution in [-0.2, 0) is 4.79 Å². The van der Waals surface area contributed by atoms with E-state index in [0.717, 1.165) is 38.3 Å². The Bertz CT molecular complexity index is 445. The maximum atomic E-state index is 12.0. The molecule has 1 aromatic rings. The summed E-state index contributed by atoms with van der Waals surface area (Å²) in [6, 6.07) is 9.89. The number of piperazine rings is 1. The molecule has 1 saturated heterocycles. The van der Waals surface area contributed by atoms with Crippen molar-refractivity contribution in [3.8, 4) is 0 Å². The first-order chi connectivity index (χ1) is 9.29. The molecule has 0 unspecified atom stereocenters. The summed E-state index contributed by atoms with van der Waals surface area (Å²) in [6.07, 6.45) is 5.45. The van der Waals surface area contributed by atoms with Crippen molar-refractivity contribution < 1.29 is 4.79 Å². The van der Waals surface area contributed by atoms with Gasteiger partial charge in [0.1, 0.15) is 0 Å². The topological polar surface area (TPSA) is 23.6 Å². The van der Waals surface area contributed by atoms with Crippen LogP contribution in [0.4, 0.5) is 0 Å². The number of carbonyl (C=O) groups excluding carboxylic acids is 1. The number of nitrogens with zero attached hydrogens (tertiary/aromatic N) is 2. The van der Waals surface area contributed by atoms with E-state index in [-0.39, 0.29) is 5.91 Å². The molecule has 0 saturated carbocycles. The molecule has 1 aliphatic rings.